The Labute approximate surface area is 188 Å². The van der Waals surface area contributed by atoms with Crippen molar-refractivity contribution in [3.05, 3.63) is 65.5 Å². The van der Waals surface area contributed by atoms with Crippen LogP contribution in [0, 0.1) is 17.1 Å². The lowest BCUT2D eigenvalue weighted by Gasteiger charge is -2.20. The number of hydrogen-bond donors (Lipinski definition) is 4. The van der Waals surface area contributed by atoms with Crippen molar-refractivity contribution in [1.82, 2.24) is 4.98 Å². The van der Waals surface area contributed by atoms with E-state index in [1.165, 1.54) is 18.9 Å². The van der Waals surface area contributed by atoms with Crippen molar-refractivity contribution in [3.63, 3.8) is 0 Å². The molecule has 0 aliphatic carbocycles. The minimum absolute atomic E-state index is 0.136. The third kappa shape index (κ3) is 9.13. The molecule has 1 heterocycles. The Balaban J connectivity index is 0.000000547. The van der Waals surface area contributed by atoms with Gasteiger partial charge in [-0.05, 0) is 18.1 Å². The number of aliphatic carboxylic acids is 2. The number of rotatable bonds is 9. The number of aliphatic hydroxyl groups is 1. The Morgan fingerprint density at radius 1 is 1.28 bits per heavy atom. The number of aliphatic hydroxyl groups excluding tert-OH is 1. The maximum absolute atomic E-state index is 13.7. The number of pyridine rings is 1. The lowest BCUT2D eigenvalue weighted by Crippen LogP contribution is -2.26. The summed E-state index contributed by atoms with van der Waals surface area (Å²) in [7, 11) is 1.32. The van der Waals surface area contributed by atoms with Crippen molar-refractivity contribution in [1.29, 1.82) is 5.26 Å². The maximum atomic E-state index is 13.7. The number of hydrogen-bond acceptors (Lipinski definition) is 8. The number of nitriles is 1. The van der Waals surface area contributed by atoms with E-state index in [1.54, 1.807) is 0 Å². The minimum Gasteiger partial charge on any atom is -0.479 e. The summed E-state index contributed by atoms with van der Waals surface area (Å²) >= 11 is 1.30. The molecule has 0 spiro atoms. The molecule has 170 valence electrons. The van der Waals surface area contributed by atoms with E-state index in [9.17, 15) is 24.3 Å². The van der Waals surface area contributed by atoms with Crippen LogP contribution in [0.5, 0.6) is 5.88 Å². The van der Waals surface area contributed by atoms with E-state index in [1.807, 2.05) is 36.4 Å². The smallest absolute Gasteiger partial charge is 0.328 e. The van der Waals surface area contributed by atoms with E-state index in [2.05, 4.69) is 4.98 Å². The molecular formula is C21H22FN3O6S. The fraction of sp³-hybridized carbons (Fsp3) is 0.238. The number of benzene rings is 1. The van der Waals surface area contributed by atoms with Gasteiger partial charge in [-0.15, -0.1) is 0 Å². The molecule has 11 heteroatoms. The third-order valence-corrected chi connectivity index (χ3v) is 5.05. The van der Waals surface area contributed by atoms with Crippen LogP contribution in [0.1, 0.15) is 22.8 Å². The van der Waals surface area contributed by atoms with Gasteiger partial charge in [0, 0.05) is 23.4 Å². The summed E-state index contributed by atoms with van der Waals surface area (Å²) in [6.45, 7) is -0.144. The first-order chi connectivity index (χ1) is 15.2. The summed E-state index contributed by atoms with van der Waals surface area (Å²) < 4.78 is 18.6. The number of halogens is 1. The fourth-order valence-electron chi connectivity index (χ4n) is 2.32. The SMILES string of the molecule is COc1nc(S[C@H](C[C@H](N)CO)c2ccccc2)c(C#N)cc1F.O=C(O)/C=C/C(=O)O. The Hall–Kier alpha value is -3.46. The molecule has 9 nitrogen and oxygen atoms in total. The summed E-state index contributed by atoms with van der Waals surface area (Å²) in [6, 6.07) is 12.2. The summed E-state index contributed by atoms with van der Waals surface area (Å²) in [5.74, 6) is -3.35. The number of thioether (sulfide) groups is 1. The number of carbonyl (C=O) groups is 2. The monoisotopic (exact) mass is 463 g/mol. The Kier molecular flexibility index (Phi) is 11.4. The van der Waals surface area contributed by atoms with Gasteiger partial charge in [-0.2, -0.15) is 5.26 Å². The largest absolute Gasteiger partial charge is 0.479 e. The fourth-order valence-corrected chi connectivity index (χ4v) is 3.59. The third-order valence-electron chi connectivity index (χ3n) is 3.77. The molecule has 0 unspecified atom stereocenters. The molecule has 0 amide bonds. The van der Waals surface area contributed by atoms with Gasteiger partial charge in [-0.25, -0.2) is 19.0 Å². The van der Waals surface area contributed by atoms with Gasteiger partial charge >= 0.3 is 11.9 Å². The average Bonchev–Trinajstić information content (AvgIpc) is 2.78. The Bertz CT molecular complexity index is 965. The molecule has 0 saturated carbocycles. The molecular weight excluding hydrogens is 441 g/mol. The minimum atomic E-state index is -1.26. The van der Waals surface area contributed by atoms with Crippen LogP contribution in [0.3, 0.4) is 0 Å². The van der Waals surface area contributed by atoms with Crippen molar-refractivity contribution in [2.75, 3.05) is 13.7 Å². The highest BCUT2D eigenvalue weighted by molar-refractivity contribution is 7.99. The van der Waals surface area contributed by atoms with E-state index in [0.29, 0.717) is 23.6 Å². The van der Waals surface area contributed by atoms with Gasteiger partial charge in [0.15, 0.2) is 5.82 Å². The maximum Gasteiger partial charge on any atom is 0.328 e. The molecule has 2 atom stereocenters. The molecule has 32 heavy (non-hydrogen) atoms. The zero-order valence-corrected chi connectivity index (χ0v) is 17.8. The molecule has 2 rings (SSSR count). The van der Waals surface area contributed by atoms with Crippen molar-refractivity contribution < 1.29 is 34.0 Å². The lowest BCUT2D eigenvalue weighted by molar-refractivity contribution is -0.134. The number of carboxylic acids is 2. The predicted molar refractivity (Wildman–Crippen MR) is 115 cm³/mol. The van der Waals surface area contributed by atoms with Crippen molar-refractivity contribution in [3.8, 4) is 11.9 Å². The van der Waals surface area contributed by atoms with Crippen molar-refractivity contribution in [2.45, 2.75) is 22.7 Å². The number of carboxylic acid groups (broad SMARTS) is 2. The second-order valence-electron chi connectivity index (χ2n) is 6.15. The topological polar surface area (TPSA) is 167 Å². The normalized spacial score (nSPS) is 12.2. The van der Waals surface area contributed by atoms with Crippen molar-refractivity contribution in [2.24, 2.45) is 5.73 Å². The highest BCUT2D eigenvalue weighted by atomic mass is 32.2. The van der Waals surface area contributed by atoms with E-state index < -0.39 is 23.8 Å². The first-order valence-corrected chi connectivity index (χ1v) is 9.96. The van der Waals surface area contributed by atoms with Crippen LogP contribution in [0.15, 0.2) is 53.6 Å². The number of aromatic nitrogens is 1. The Morgan fingerprint density at radius 3 is 2.34 bits per heavy atom. The molecule has 0 saturated heterocycles. The summed E-state index contributed by atoms with van der Waals surface area (Å²) in [5, 5.41) is 34.3. The summed E-state index contributed by atoms with van der Waals surface area (Å²) in [6.07, 6.45) is 1.60. The lowest BCUT2D eigenvalue weighted by atomic mass is 10.1. The van der Waals surface area contributed by atoms with Crippen LogP contribution in [0.2, 0.25) is 0 Å². The number of ether oxygens (including phenoxy) is 1. The molecule has 0 bridgehead atoms. The quantitative estimate of drug-likeness (QED) is 0.320. The molecule has 0 aliphatic rings. The van der Waals surface area contributed by atoms with Crippen LogP contribution >= 0.6 is 11.8 Å². The van der Waals surface area contributed by atoms with Crippen molar-refractivity contribution >= 4 is 23.7 Å². The van der Waals surface area contributed by atoms with Crippen LogP contribution in [0.25, 0.3) is 0 Å². The second kappa shape index (κ2) is 13.8. The number of methoxy groups -OCH3 is 1. The van der Waals surface area contributed by atoms with Crippen LogP contribution in [-0.2, 0) is 9.59 Å². The van der Waals surface area contributed by atoms with E-state index in [4.69, 9.17) is 20.7 Å². The van der Waals surface area contributed by atoms with E-state index >= 15 is 0 Å². The molecule has 0 fully saturated rings. The Morgan fingerprint density at radius 2 is 1.88 bits per heavy atom. The van der Waals surface area contributed by atoms with E-state index in [-0.39, 0.29) is 23.3 Å². The van der Waals surface area contributed by atoms with Crippen LogP contribution in [-0.4, -0.2) is 52.0 Å². The van der Waals surface area contributed by atoms with Gasteiger partial charge in [0.05, 0.1) is 19.3 Å². The predicted octanol–water partition coefficient (Wildman–Crippen LogP) is 2.36. The molecule has 5 N–H and O–H groups in total. The highest BCUT2D eigenvalue weighted by Crippen LogP contribution is 2.39. The van der Waals surface area contributed by atoms with Gasteiger partial charge in [-0.3, -0.25) is 0 Å². The zero-order chi connectivity index (χ0) is 24.1. The summed E-state index contributed by atoms with van der Waals surface area (Å²) in [4.78, 5) is 23.2. The first-order valence-electron chi connectivity index (χ1n) is 9.08. The molecule has 2 aromatic rings. The molecule has 0 aliphatic heterocycles. The van der Waals surface area contributed by atoms with Gasteiger partial charge < -0.3 is 25.8 Å². The first kappa shape index (κ1) is 26.6. The second-order valence-corrected chi connectivity index (χ2v) is 7.34. The van der Waals surface area contributed by atoms with Gasteiger partial charge in [-0.1, -0.05) is 42.1 Å². The van der Waals surface area contributed by atoms with E-state index in [0.717, 1.165) is 11.6 Å². The average molecular weight is 463 g/mol. The zero-order valence-electron chi connectivity index (χ0n) is 17.0. The number of nitrogens with zero attached hydrogens (tertiary/aromatic N) is 2. The van der Waals surface area contributed by atoms with Gasteiger partial charge in [0.2, 0.25) is 0 Å². The number of nitrogens with two attached hydrogens (primary N) is 1. The van der Waals surface area contributed by atoms with Crippen LogP contribution in [0.4, 0.5) is 4.39 Å². The van der Waals surface area contributed by atoms with Gasteiger partial charge in [0.1, 0.15) is 11.1 Å². The molecule has 0 radical (unpaired) electrons. The summed E-state index contributed by atoms with van der Waals surface area (Å²) in [5.41, 5.74) is 7.00. The standard InChI is InChI=1S/C17H18FN3O2S.C4H4O4/c1-23-16-14(18)7-12(9-19)17(21-16)24-15(8-13(20)10-22)11-5-3-2-4-6-11;5-3(6)1-2-4(7)8/h2-7,13,15,22H,8,10,20H2,1H3;1-2H,(H,5,6)(H,7,8)/b;2-1+/t13-,15+;/m0./s1. The van der Waals surface area contributed by atoms with Crippen LogP contribution < -0.4 is 10.5 Å². The van der Waals surface area contributed by atoms with Gasteiger partial charge in [0.25, 0.3) is 5.88 Å². The molecule has 1 aromatic heterocycles. The molecule has 1 aromatic carbocycles. The highest BCUT2D eigenvalue weighted by Gasteiger charge is 2.21.